The van der Waals surface area contributed by atoms with Crippen molar-refractivity contribution in [2.45, 2.75) is 59.4 Å². The van der Waals surface area contributed by atoms with Crippen molar-refractivity contribution < 1.29 is 4.79 Å². The molecule has 94 valence electrons. The Kier molecular flexibility index (Phi) is 4.97. The fourth-order valence-corrected chi connectivity index (χ4v) is 2.81. The van der Waals surface area contributed by atoms with Gasteiger partial charge in [0.2, 0.25) is 0 Å². The maximum absolute atomic E-state index is 11.3. The Hall–Kier alpha value is -0.370. The number of likely N-dealkylation sites (tertiary alicyclic amines) is 1. The Labute approximate surface area is 100 Å². The van der Waals surface area contributed by atoms with E-state index in [-0.39, 0.29) is 5.41 Å². The molecule has 3 atom stereocenters. The monoisotopic (exact) mass is 225 g/mol. The molecule has 2 heteroatoms. The molecule has 2 nitrogen and oxygen atoms in total. The van der Waals surface area contributed by atoms with Crippen LogP contribution in [-0.2, 0) is 4.79 Å². The van der Waals surface area contributed by atoms with E-state index >= 15 is 0 Å². The summed E-state index contributed by atoms with van der Waals surface area (Å²) in [5.41, 5.74) is -0.139. The van der Waals surface area contributed by atoms with Crippen LogP contribution in [-0.4, -0.2) is 30.3 Å². The topological polar surface area (TPSA) is 20.3 Å². The molecule has 0 spiro atoms. The first-order valence-electron chi connectivity index (χ1n) is 6.71. The zero-order chi connectivity index (χ0) is 12.2. The van der Waals surface area contributed by atoms with Crippen LogP contribution in [0.1, 0.15) is 53.4 Å². The molecule has 0 aromatic heterocycles. The highest BCUT2D eigenvalue weighted by Gasteiger charge is 2.30. The van der Waals surface area contributed by atoms with Crippen molar-refractivity contribution in [2.75, 3.05) is 13.1 Å². The molecule has 3 unspecified atom stereocenters. The molecule has 0 N–H and O–H groups in total. The van der Waals surface area contributed by atoms with E-state index in [1.54, 1.807) is 0 Å². The molecule has 1 aliphatic heterocycles. The minimum absolute atomic E-state index is 0.139. The van der Waals surface area contributed by atoms with E-state index in [4.69, 9.17) is 0 Å². The number of hydrogen-bond donors (Lipinski definition) is 0. The molecule has 1 rings (SSSR count). The van der Waals surface area contributed by atoms with Crippen LogP contribution in [0.5, 0.6) is 0 Å². The fourth-order valence-electron chi connectivity index (χ4n) is 2.81. The number of carbonyl (C=O) groups excluding carboxylic acids is 1. The average Bonchev–Trinajstić information content (AvgIpc) is 2.24. The Morgan fingerprint density at radius 3 is 2.62 bits per heavy atom. The van der Waals surface area contributed by atoms with Crippen LogP contribution in [0.25, 0.3) is 0 Å². The number of piperidine rings is 1. The van der Waals surface area contributed by atoms with E-state index in [1.165, 1.54) is 19.1 Å². The molecular weight excluding hydrogens is 198 g/mol. The maximum atomic E-state index is 11.3. The molecule has 0 bridgehead atoms. The van der Waals surface area contributed by atoms with Crippen molar-refractivity contribution in [3.8, 4) is 0 Å². The number of nitrogens with zero attached hydrogens (tertiary/aromatic N) is 1. The molecule has 0 saturated carbocycles. The van der Waals surface area contributed by atoms with Crippen molar-refractivity contribution >= 4 is 6.29 Å². The second-order valence-corrected chi connectivity index (χ2v) is 5.98. The summed E-state index contributed by atoms with van der Waals surface area (Å²) < 4.78 is 0. The number of rotatable bonds is 5. The van der Waals surface area contributed by atoms with Gasteiger partial charge in [-0.3, -0.25) is 4.90 Å². The molecule has 0 amide bonds. The Bertz CT molecular complexity index is 229. The van der Waals surface area contributed by atoms with Crippen LogP contribution in [0, 0.1) is 11.3 Å². The lowest BCUT2D eigenvalue weighted by Gasteiger charge is -2.40. The summed E-state index contributed by atoms with van der Waals surface area (Å²) in [7, 11) is 0. The van der Waals surface area contributed by atoms with Gasteiger partial charge in [-0.25, -0.2) is 0 Å². The highest BCUT2D eigenvalue weighted by atomic mass is 16.1. The number of hydrogen-bond acceptors (Lipinski definition) is 2. The van der Waals surface area contributed by atoms with Crippen molar-refractivity contribution in [1.82, 2.24) is 4.90 Å². The maximum Gasteiger partial charge on any atom is 0.127 e. The van der Waals surface area contributed by atoms with Crippen LogP contribution >= 0.6 is 0 Å². The molecule has 0 aliphatic carbocycles. The lowest BCUT2D eigenvalue weighted by atomic mass is 9.84. The van der Waals surface area contributed by atoms with Gasteiger partial charge in [0.25, 0.3) is 0 Å². The number of aldehydes is 1. The molecule has 1 fully saturated rings. The van der Waals surface area contributed by atoms with E-state index in [2.05, 4.69) is 32.6 Å². The van der Waals surface area contributed by atoms with E-state index in [9.17, 15) is 4.79 Å². The van der Waals surface area contributed by atoms with Crippen molar-refractivity contribution in [1.29, 1.82) is 0 Å². The second-order valence-electron chi connectivity index (χ2n) is 5.98. The third-order valence-electron chi connectivity index (χ3n) is 3.92. The zero-order valence-electron chi connectivity index (χ0n) is 11.3. The Morgan fingerprint density at radius 2 is 2.06 bits per heavy atom. The number of carbonyl (C=O) groups is 1. The molecular formula is C14H27NO. The van der Waals surface area contributed by atoms with E-state index in [0.29, 0.717) is 6.04 Å². The largest absolute Gasteiger partial charge is 0.303 e. The van der Waals surface area contributed by atoms with Crippen LogP contribution in [0.2, 0.25) is 0 Å². The van der Waals surface area contributed by atoms with E-state index in [0.717, 1.165) is 31.8 Å². The van der Waals surface area contributed by atoms with Gasteiger partial charge >= 0.3 is 0 Å². The molecule has 16 heavy (non-hydrogen) atoms. The summed E-state index contributed by atoms with van der Waals surface area (Å²) >= 11 is 0. The molecule has 0 aromatic carbocycles. The van der Waals surface area contributed by atoms with E-state index < -0.39 is 0 Å². The zero-order valence-corrected chi connectivity index (χ0v) is 11.3. The van der Waals surface area contributed by atoms with Gasteiger partial charge in [0, 0.05) is 24.5 Å². The highest BCUT2D eigenvalue weighted by molar-refractivity contribution is 5.59. The first-order valence-corrected chi connectivity index (χ1v) is 6.71. The fraction of sp³-hybridized carbons (Fsp3) is 0.929. The van der Waals surface area contributed by atoms with Crippen molar-refractivity contribution in [3.05, 3.63) is 0 Å². The molecule has 1 aliphatic rings. The van der Waals surface area contributed by atoms with Crippen molar-refractivity contribution in [3.63, 3.8) is 0 Å². The van der Waals surface area contributed by atoms with Gasteiger partial charge in [-0.15, -0.1) is 0 Å². The molecule has 1 heterocycles. The summed E-state index contributed by atoms with van der Waals surface area (Å²) in [6.07, 6.45) is 5.88. The van der Waals surface area contributed by atoms with Crippen LogP contribution in [0.4, 0.5) is 0 Å². The van der Waals surface area contributed by atoms with Gasteiger partial charge in [-0.2, -0.15) is 0 Å². The Balaban J connectivity index is 2.58. The molecule has 0 radical (unpaired) electrons. The smallest absolute Gasteiger partial charge is 0.127 e. The molecule has 0 aromatic rings. The predicted octanol–water partition coefficient (Wildman–Crippen LogP) is 3.11. The van der Waals surface area contributed by atoms with Gasteiger partial charge in [0.05, 0.1) is 0 Å². The quantitative estimate of drug-likeness (QED) is 0.670. The van der Waals surface area contributed by atoms with E-state index in [1.807, 2.05) is 0 Å². The van der Waals surface area contributed by atoms with Crippen LogP contribution < -0.4 is 0 Å². The van der Waals surface area contributed by atoms with Crippen LogP contribution in [0.3, 0.4) is 0 Å². The second kappa shape index (κ2) is 5.81. The summed E-state index contributed by atoms with van der Waals surface area (Å²) in [5, 5.41) is 0. The highest BCUT2D eigenvalue weighted by Crippen LogP contribution is 2.28. The normalized spacial score (nSPS) is 31.0. The van der Waals surface area contributed by atoms with Gasteiger partial charge in [-0.1, -0.05) is 27.2 Å². The standard InChI is InChI=1S/C14H27NO/c1-5-8-14(4,11-16)10-15-9-12(2)6-7-13(15)3/h11-13H,5-10H2,1-4H3. The third-order valence-corrected chi connectivity index (χ3v) is 3.92. The SMILES string of the molecule is CCCC(C)(C=O)CN1CC(C)CCC1C. The van der Waals surface area contributed by atoms with Gasteiger partial charge < -0.3 is 4.79 Å². The van der Waals surface area contributed by atoms with Crippen LogP contribution in [0.15, 0.2) is 0 Å². The first-order chi connectivity index (χ1) is 7.50. The molecule has 1 saturated heterocycles. The first kappa shape index (κ1) is 13.7. The van der Waals surface area contributed by atoms with Gasteiger partial charge in [-0.05, 0) is 32.1 Å². The summed E-state index contributed by atoms with van der Waals surface area (Å²) in [6, 6.07) is 0.646. The average molecular weight is 225 g/mol. The van der Waals surface area contributed by atoms with Gasteiger partial charge in [0.15, 0.2) is 0 Å². The lowest BCUT2D eigenvalue weighted by molar-refractivity contribution is -0.117. The van der Waals surface area contributed by atoms with Gasteiger partial charge in [0.1, 0.15) is 6.29 Å². The summed E-state index contributed by atoms with van der Waals surface area (Å²) in [6.45, 7) is 11.0. The minimum Gasteiger partial charge on any atom is -0.303 e. The predicted molar refractivity (Wildman–Crippen MR) is 68.5 cm³/mol. The summed E-state index contributed by atoms with van der Waals surface area (Å²) in [5.74, 6) is 0.786. The lowest BCUT2D eigenvalue weighted by Crippen LogP contribution is -2.46. The third kappa shape index (κ3) is 3.58. The summed E-state index contributed by atoms with van der Waals surface area (Å²) in [4.78, 5) is 13.8. The Morgan fingerprint density at radius 1 is 1.38 bits per heavy atom. The minimum atomic E-state index is -0.139. The van der Waals surface area contributed by atoms with Crippen molar-refractivity contribution in [2.24, 2.45) is 11.3 Å².